The zero-order chi connectivity index (χ0) is 19.9. The van der Waals surface area contributed by atoms with E-state index in [1.165, 1.54) is 0 Å². The molecule has 1 aliphatic heterocycles. The highest BCUT2D eigenvalue weighted by atomic mass is 16.5. The van der Waals surface area contributed by atoms with Crippen molar-refractivity contribution >= 4 is 11.8 Å². The van der Waals surface area contributed by atoms with Crippen LogP contribution in [0.2, 0.25) is 0 Å². The van der Waals surface area contributed by atoms with Crippen molar-refractivity contribution in [1.82, 2.24) is 20.4 Å². The molecule has 1 fully saturated rings. The fraction of sp³-hybridized carbons (Fsp3) is 0.500. The van der Waals surface area contributed by atoms with Crippen LogP contribution >= 0.6 is 0 Å². The average molecular weight is 386 g/mol. The molecule has 2 aromatic rings. The molecule has 150 valence electrons. The summed E-state index contributed by atoms with van der Waals surface area (Å²) in [4.78, 5) is 29.8. The second-order valence-electron chi connectivity index (χ2n) is 6.95. The first kappa shape index (κ1) is 19.9. The fourth-order valence-corrected chi connectivity index (χ4v) is 3.33. The van der Waals surface area contributed by atoms with Crippen LogP contribution in [-0.2, 0) is 22.4 Å². The number of hydrogen-bond donors (Lipinski definition) is 1. The first-order chi connectivity index (χ1) is 13.5. The summed E-state index contributed by atoms with van der Waals surface area (Å²) in [6.07, 6.45) is 2.47. The fourth-order valence-electron chi connectivity index (χ4n) is 3.33. The van der Waals surface area contributed by atoms with Gasteiger partial charge in [0.1, 0.15) is 5.75 Å². The number of nitrogens with one attached hydrogen (secondary N) is 1. The third kappa shape index (κ3) is 5.31. The lowest BCUT2D eigenvalue weighted by atomic mass is 9.96. The molecule has 8 heteroatoms. The normalized spacial score (nSPS) is 14.7. The molecule has 0 bridgehead atoms. The van der Waals surface area contributed by atoms with Crippen molar-refractivity contribution in [3.63, 3.8) is 0 Å². The van der Waals surface area contributed by atoms with E-state index >= 15 is 0 Å². The first-order valence-corrected chi connectivity index (χ1v) is 9.52. The topological polar surface area (TPSA) is 97.6 Å². The average Bonchev–Trinajstić information content (AvgIpc) is 3.17. The molecule has 0 radical (unpaired) electrons. The highest BCUT2D eigenvalue weighted by Gasteiger charge is 2.25. The van der Waals surface area contributed by atoms with E-state index in [4.69, 9.17) is 9.26 Å². The lowest BCUT2D eigenvalue weighted by Gasteiger charge is -2.29. The summed E-state index contributed by atoms with van der Waals surface area (Å²) in [5.74, 6) is 2.21. The monoisotopic (exact) mass is 386 g/mol. The van der Waals surface area contributed by atoms with Crippen molar-refractivity contribution in [3.05, 3.63) is 41.5 Å². The van der Waals surface area contributed by atoms with Crippen molar-refractivity contribution < 1.29 is 18.8 Å². The lowest BCUT2D eigenvalue weighted by molar-refractivity contribution is -0.129. The number of likely N-dealkylation sites (tertiary alicyclic amines) is 1. The maximum absolute atomic E-state index is 12.1. The van der Waals surface area contributed by atoms with Crippen LogP contribution in [0, 0.1) is 0 Å². The molecule has 0 atom stereocenters. The van der Waals surface area contributed by atoms with Crippen molar-refractivity contribution in [1.29, 1.82) is 0 Å². The van der Waals surface area contributed by atoms with Crippen LogP contribution in [-0.4, -0.2) is 53.6 Å². The molecule has 3 rings (SSSR count). The molecule has 1 aromatic carbocycles. The summed E-state index contributed by atoms with van der Waals surface area (Å²) in [6.45, 7) is 3.48. The molecule has 28 heavy (non-hydrogen) atoms. The second kappa shape index (κ2) is 9.34. The minimum Gasteiger partial charge on any atom is -0.497 e. The Morgan fingerprint density at radius 2 is 2.11 bits per heavy atom. The number of carbonyl (C=O) groups excluding carboxylic acids is 2. The molecule has 8 nitrogen and oxygen atoms in total. The predicted molar refractivity (Wildman–Crippen MR) is 102 cm³/mol. The van der Waals surface area contributed by atoms with E-state index in [1.54, 1.807) is 14.0 Å². The van der Waals surface area contributed by atoms with Gasteiger partial charge in [-0.3, -0.25) is 9.59 Å². The summed E-state index contributed by atoms with van der Waals surface area (Å²) in [7, 11) is 1.60. The smallest absolute Gasteiger partial charge is 0.228 e. The predicted octanol–water partition coefficient (Wildman–Crippen LogP) is 1.71. The Balaban J connectivity index is 1.42. The number of rotatable bonds is 7. The van der Waals surface area contributed by atoms with Gasteiger partial charge in [-0.1, -0.05) is 17.3 Å². The van der Waals surface area contributed by atoms with Crippen LogP contribution in [0.1, 0.15) is 43.0 Å². The van der Waals surface area contributed by atoms with Crippen LogP contribution in [0.4, 0.5) is 0 Å². The largest absolute Gasteiger partial charge is 0.497 e. The standard InChI is InChI=1S/C20H26N4O4/c1-14(25)24-10-7-16(8-11-24)20-22-19(28-23-20)6-9-21-18(26)13-15-4-3-5-17(12-15)27-2/h3-5,12,16H,6-11,13H2,1-2H3,(H,21,26). The number of carbonyl (C=O) groups is 2. The summed E-state index contributed by atoms with van der Waals surface area (Å²) < 4.78 is 10.5. The Bertz CT molecular complexity index is 812. The van der Waals surface area contributed by atoms with Crippen LogP contribution in [0.15, 0.2) is 28.8 Å². The van der Waals surface area contributed by atoms with Gasteiger partial charge >= 0.3 is 0 Å². The molecule has 2 amide bonds. The Labute approximate surface area is 164 Å². The summed E-state index contributed by atoms with van der Waals surface area (Å²) in [5, 5.41) is 6.95. The summed E-state index contributed by atoms with van der Waals surface area (Å²) >= 11 is 0. The van der Waals surface area contributed by atoms with Gasteiger partial charge in [-0.25, -0.2) is 0 Å². The van der Waals surface area contributed by atoms with E-state index in [-0.39, 0.29) is 17.7 Å². The molecule has 2 heterocycles. The maximum Gasteiger partial charge on any atom is 0.228 e. The molecular formula is C20H26N4O4. The van der Waals surface area contributed by atoms with Gasteiger partial charge in [0.25, 0.3) is 0 Å². The van der Waals surface area contributed by atoms with Crippen LogP contribution < -0.4 is 10.1 Å². The van der Waals surface area contributed by atoms with E-state index in [2.05, 4.69) is 15.5 Å². The van der Waals surface area contributed by atoms with Crippen LogP contribution in [0.25, 0.3) is 0 Å². The van der Waals surface area contributed by atoms with Gasteiger partial charge < -0.3 is 19.5 Å². The highest BCUT2D eigenvalue weighted by Crippen LogP contribution is 2.25. The number of methoxy groups -OCH3 is 1. The number of ether oxygens (including phenoxy) is 1. The van der Waals surface area contributed by atoms with E-state index in [0.29, 0.717) is 31.1 Å². The number of piperidine rings is 1. The van der Waals surface area contributed by atoms with E-state index < -0.39 is 0 Å². The minimum atomic E-state index is -0.0652. The number of aromatic nitrogens is 2. The Morgan fingerprint density at radius 1 is 1.32 bits per heavy atom. The van der Waals surface area contributed by atoms with E-state index in [1.807, 2.05) is 29.2 Å². The van der Waals surface area contributed by atoms with Crippen molar-refractivity contribution in [2.75, 3.05) is 26.7 Å². The number of hydrogen-bond acceptors (Lipinski definition) is 6. The van der Waals surface area contributed by atoms with E-state index in [0.717, 1.165) is 37.2 Å². The van der Waals surface area contributed by atoms with Gasteiger partial charge in [0.2, 0.25) is 17.7 Å². The third-order valence-corrected chi connectivity index (χ3v) is 4.95. The first-order valence-electron chi connectivity index (χ1n) is 9.52. The van der Waals surface area contributed by atoms with Gasteiger partial charge in [-0.2, -0.15) is 4.98 Å². The third-order valence-electron chi connectivity index (χ3n) is 4.95. The van der Waals surface area contributed by atoms with Crippen molar-refractivity contribution in [2.24, 2.45) is 0 Å². The minimum absolute atomic E-state index is 0.0652. The molecule has 0 aliphatic carbocycles. The second-order valence-corrected chi connectivity index (χ2v) is 6.95. The van der Waals surface area contributed by atoms with Gasteiger partial charge in [0.05, 0.1) is 13.5 Å². The van der Waals surface area contributed by atoms with E-state index in [9.17, 15) is 9.59 Å². The Kier molecular flexibility index (Phi) is 6.62. The summed E-state index contributed by atoms with van der Waals surface area (Å²) in [6, 6.07) is 7.45. The van der Waals surface area contributed by atoms with Gasteiger partial charge in [-0.15, -0.1) is 0 Å². The number of nitrogens with zero attached hydrogens (tertiary/aromatic N) is 3. The maximum atomic E-state index is 12.1. The molecule has 0 spiro atoms. The lowest BCUT2D eigenvalue weighted by Crippen LogP contribution is -2.36. The van der Waals surface area contributed by atoms with Crippen molar-refractivity contribution in [2.45, 2.75) is 38.5 Å². The molecule has 1 aliphatic rings. The van der Waals surface area contributed by atoms with Crippen LogP contribution in [0.3, 0.4) is 0 Å². The Hall–Kier alpha value is -2.90. The molecule has 1 aromatic heterocycles. The van der Waals surface area contributed by atoms with Gasteiger partial charge in [0.15, 0.2) is 5.82 Å². The van der Waals surface area contributed by atoms with Gasteiger partial charge in [-0.05, 0) is 30.5 Å². The quantitative estimate of drug-likeness (QED) is 0.778. The molecular weight excluding hydrogens is 360 g/mol. The summed E-state index contributed by atoms with van der Waals surface area (Å²) in [5.41, 5.74) is 0.897. The molecule has 0 saturated carbocycles. The molecule has 1 N–H and O–H groups in total. The zero-order valence-corrected chi connectivity index (χ0v) is 16.3. The SMILES string of the molecule is COc1cccc(CC(=O)NCCc2nc(C3CCN(C(C)=O)CC3)no2)c1. The highest BCUT2D eigenvalue weighted by molar-refractivity contribution is 5.78. The number of amides is 2. The number of benzene rings is 1. The van der Waals surface area contributed by atoms with Crippen molar-refractivity contribution in [3.8, 4) is 5.75 Å². The van der Waals surface area contributed by atoms with Gasteiger partial charge in [0, 0.05) is 38.9 Å². The Morgan fingerprint density at radius 3 is 2.82 bits per heavy atom. The molecule has 0 unspecified atom stereocenters. The molecule has 1 saturated heterocycles. The van der Waals surface area contributed by atoms with Crippen LogP contribution in [0.5, 0.6) is 5.75 Å². The zero-order valence-electron chi connectivity index (χ0n) is 16.3.